The first-order chi connectivity index (χ1) is 14.7. The van der Waals surface area contributed by atoms with Crippen LogP contribution >= 0.6 is 0 Å². The van der Waals surface area contributed by atoms with Crippen LogP contribution in [0.5, 0.6) is 0 Å². The van der Waals surface area contributed by atoms with Gasteiger partial charge in [-0.15, -0.1) is 0 Å². The summed E-state index contributed by atoms with van der Waals surface area (Å²) in [7, 11) is 1.89. The third kappa shape index (κ3) is 3.84. The number of fused-ring (bicyclic) bond motifs is 1. The number of halogens is 1. The van der Waals surface area contributed by atoms with E-state index < -0.39 is 0 Å². The van der Waals surface area contributed by atoms with Crippen molar-refractivity contribution in [2.45, 2.75) is 38.1 Å². The summed E-state index contributed by atoms with van der Waals surface area (Å²) < 4.78 is 15.1. The molecule has 0 spiro atoms. The summed E-state index contributed by atoms with van der Waals surface area (Å²) in [5, 5.41) is 8.54. The van der Waals surface area contributed by atoms with E-state index in [0.29, 0.717) is 11.9 Å². The van der Waals surface area contributed by atoms with Crippen LogP contribution in [0.1, 0.15) is 32.1 Å². The monoisotopic (exact) mass is 409 g/mol. The molecule has 158 valence electrons. The Hall–Kier alpha value is -2.74. The van der Waals surface area contributed by atoms with Crippen molar-refractivity contribution in [2.75, 3.05) is 36.4 Å². The Morgan fingerprint density at radius 2 is 1.70 bits per heavy atom. The molecule has 2 aliphatic heterocycles. The molecular weight excluding hydrogens is 381 g/mol. The number of nitrogens with zero attached hydrogens (tertiary/aromatic N) is 6. The molecule has 5 rings (SSSR count). The molecule has 8 heteroatoms. The minimum atomic E-state index is -0.257. The summed E-state index contributed by atoms with van der Waals surface area (Å²) >= 11 is 0. The molecule has 0 amide bonds. The fraction of sp³-hybridized carbons (Fsp3) is 0.500. The first-order valence-corrected chi connectivity index (χ1v) is 10.9. The van der Waals surface area contributed by atoms with Gasteiger partial charge in [-0.1, -0.05) is 6.42 Å². The summed E-state index contributed by atoms with van der Waals surface area (Å²) in [6.07, 6.45) is 8.10. The van der Waals surface area contributed by atoms with Crippen molar-refractivity contribution >= 4 is 28.5 Å². The Bertz CT molecular complexity index is 1000. The van der Waals surface area contributed by atoms with Gasteiger partial charge >= 0.3 is 0 Å². The van der Waals surface area contributed by atoms with Gasteiger partial charge in [0.2, 0.25) is 5.95 Å². The summed E-state index contributed by atoms with van der Waals surface area (Å²) in [5.74, 6) is 1.17. The van der Waals surface area contributed by atoms with E-state index in [1.807, 2.05) is 7.05 Å². The highest BCUT2D eigenvalue weighted by Crippen LogP contribution is 2.28. The van der Waals surface area contributed by atoms with Crippen LogP contribution in [0.15, 0.2) is 30.5 Å². The smallest absolute Gasteiger partial charge is 0.229 e. The fourth-order valence-corrected chi connectivity index (χ4v) is 4.63. The maximum atomic E-state index is 13.3. The Morgan fingerprint density at radius 1 is 0.967 bits per heavy atom. The number of piperidine rings is 2. The SMILES string of the molecule is Cn1ncc2c(Nc3ccc(F)cc3)nc(N3CCC(N4CCCCC4)CC3)nc21. The molecular formula is C22H28FN7. The summed E-state index contributed by atoms with van der Waals surface area (Å²) in [4.78, 5) is 14.6. The Kier molecular flexibility index (Phi) is 5.25. The average Bonchev–Trinajstić information content (AvgIpc) is 3.17. The van der Waals surface area contributed by atoms with Crippen molar-refractivity contribution < 1.29 is 4.39 Å². The molecule has 2 saturated heterocycles. The average molecular weight is 410 g/mol. The second-order valence-corrected chi connectivity index (χ2v) is 8.32. The van der Waals surface area contributed by atoms with Crippen LogP contribution in [-0.2, 0) is 7.05 Å². The molecule has 0 atom stereocenters. The van der Waals surface area contributed by atoms with Crippen molar-refractivity contribution in [3.05, 3.63) is 36.3 Å². The molecule has 2 aromatic heterocycles. The van der Waals surface area contributed by atoms with Gasteiger partial charge in [-0.25, -0.2) is 4.39 Å². The highest BCUT2D eigenvalue weighted by Gasteiger charge is 2.27. The molecule has 0 bridgehead atoms. The Balaban J connectivity index is 1.38. The van der Waals surface area contributed by atoms with Crippen molar-refractivity contribution in [2.24, 2.45) is 7.05 Å². The summed E-state index contributed by atoms with van der Waals surface area (Å²) in [5.41, 5.74) is 1.58. The number of aromatic nitrogens is 4. The van der Waals surface area contributed by atoms with E-state index in [9.17, 15) is 4.39 Å². The molecule has 7 nitrogen and oxygen atoms in total. The lowest BCUT2D eigenvalue weighted by atomic mass is 10.0. The Labute approximate surface area is 175 Å². The van der Waals surface area contributed by atoms with Gasteiger partial charge in [-0.05, 0) is 63.0 Å². The quantitative estimate of drug-likeness (QED) is 0.709. The lowest BCUT2D eigenvalue weighted by Gasteiger charge is -2.40. The molecule has 0 unspecified atom stereocenters. The van der Waals surface area contributed by atoms with E-state index in [2.05, 4.69) is 20.2 Å². The van der Waals surface area contributed by atoms with Crippen molar-refractivity contribution in [3.63, 3.8) is 0 Å². The standard InChI is InChI=1S/C22H28FN7/c1-28-21-19(15-24-28)20(25-17-7-5-16(23)6-8-17)26-22(27-21)30-13-9-18(10-14-30)29-11-3-2-4-12-29/h5-8,15,18H,2-4,9-14H2,1H3,(H,25,26,27). The maximum Gasteiger partial charge on any atom is 0.229 e. The number of hydrogen-bond acceptors (Lipinski definition) is 6. The zero-order valence-electron chi connectivity index (χ0n) is 17.4. The number of aryl methyl sites for hydroxylation is 1. The third-order valence-corrected chi connectivity index (χ3v) is 6.34. The van der Waals surface area contributed by atoms with Gasteiger partial charge < -0.3 is 15.1 Å². The minimum absolute atomic E-state index is 0.257. The molecule has 0 aliphatic carbocycles. The van der Waals surface area contributed by atoms with E-state index in [0.717, 1.165) is 48.6 Å². The van der Waals surface area contributed by atoms with E-state index in [4.69, 9.17) is 9.97 Å². The fourth-order valence-electron chi connectivity index (χ4n) is 4.63. The van der Waals surface area contributed by atoms with E-state index >= 15 is 0 Å². The molecule has 2 aliphatic rings. The van der Waals surface area contributed by atoms with Gasteiger partial charge in [0, 0.05) is 31.9 Å². The molecule has 3 aromatic rings. The highest BCUT2D eigenvalue weighted by molar-refractivity contribution is 5.89. The number of rotatable bonds is 4. The largest absolute Gasteiger partial charge is 0.341 e. The lowest BCUT2D eigenvalue weighted by molar-refractivity contribution is 0.141. The molecule has 4 heterocycles. The number of benzene rings is 1. The van der Waals surface area contributed by atoms with E-state index in [-0.39, 0.29) is 5.82 Å². The molecule has 0 saturated carbocycles. The van der Waals surface area contributed by atoms with Crippen LogP contribution in [0.4, 0.5) is 21.8 Å². The van der Waals surface area contributed by atoms with Gasteiger partial charge in [0.05, 0.1) is 11.6 Å². The molecule has 2 fully saturated rings. The highest BCUT2D eigenvalue weighted by atomic mass is 19.1. The predicted molar refractivity (Wildman–Crippen MR) is 117 cm³/mol. The second-order valence-electron chi connectivity index (χ2n) is 8.32. The third-order valence-electron chi connectivity index (χ3n) is 6.34. The van der Waals surface area contributed by atoms with Crippen LogP contribution in [0.25, 0.3) is 11.0 Å². The van der Waals surface area contributed by atoms with E-state index in [1.54, 1.807) is 23.0 Å². The first kappa shape index (κ1) is 19.2. The van der Waals surface area contributed by atoms with Crippen LogP contribution < -0.4 is 10.2 Å². The van der Waals surface area contributed by atoms with Crippen LogP contribution in [0.2, 0.25) is 0 Å². The van der Waals surface area contributed by atoms with Crippen LogP contribution in [-0.4, -0.2) is 56.9 Å². The van der Waals surface area contributed by atoms with Gasteiger partial charge in [0.1, 0.15) is 11.6 Å². The molecule has 0 radical (unpaired) electrons. The number of hydrogen-bond donors (Lipinski definition) is 1. The molecule has 1 aromatic carbocycles. The topological polar surface area (TPSA) is 62.1 Å². The predicted octanol–water partition coefficient (Wildman–Crippen LogP) is 3.70. The van der Waals surface area contributed by atoms with Gasteiger partial charge in [0.15, 0.2) is 5.65 Å². The number of likely N-dealkylation sites (tertiary alicyclic amines) is 1. The van der Waals surface area contributed by atoms with Crippen LogP contribution in [0.3, 0.4) is 0 Å². The lowest BCUT2D eigenvalue weighted by Crippen LogP contribution is -2.47. The maximum absolute atomic E-state index is 13.3. The molecule has 1 N–H and O–H groups in total. The van der Waals surface area contributed by atoms with Crippen molar-refractivity contribution in [3.8, 4) is 0 Å². The number of nitrogens with one attached hydrogen (secondary N) is 1. The van der Waals surface area contributed by atoms with Crippen LogP contribution in [0, 0.1) is 5.82 Å². The molecule has 30 heavy (non-hydrogen) atoms. The van der Waals surface area contributed by atoms with Crippen molar-refractivity contribution in [1.29, 1.82) is 0 Å². The normalized spacial score (nSPS) is 18.8. The zero-order valence-corrected chi connectivity index (χ0v) is 17.4. The minimum Gasteiger partial charge on any atom is -0.341 e. The first-order valence-electron chi connectivity index (χ1n) is 10.9. The summed E-state index contributed by atoms with van der Waals surface area (Å²) in [6.45, 7) is 4.41. The number of anilines is 3. The van der Waals surface area contributed by atoms with Gasteiger partial charge in [0.25, 0.3) is 0 Å². The van der Waals surface area contributed by atoms with Gasteiger partial charge in [-0.3, -0.25) is 4.68 Å². The zero-order chi connectivity index (χ0) is 20.5. The summed E-state index contributed by atoms with van der Waals surface area (Å²) in [6, 6.07) is 6.98. The van der Waals surface area contributed by atoms with Gasteiger partial charge in [-0.2, -0.15) is 15.1 Å². The second kappa shape index (κ2) is 8.18. The van der Waals surface area contributed by atoms with E-state index in [1.165, 1.54) is 44.5 Å². The Morgan fingerprint density at radius 3 is 2.43 bits per heavy atom. The van der Waals surface area contributed by atoms with Crippen molar-refractivity contribution in [1.82, 2.24) is 24.6 Å².